The Morgan fingerprint density at radius 3 is 2.56 bits per heavy atom. The van der Waals surface area contributed by atoms with Crippen LogP contribution in [0.3, 0.4) is 0 Å². The summed E-state index contributed by atoms with van der Waals surface area (Å²) in [5.74, 6) is 0.503. The van der Waals surface area contributed by atoms with E-state index in [0.717, 1.165) is 25.7 Å². The molecule has 4 heterocycles. The lowest BCUT2D eigenvalue weighted by molar-refractivity contribution is -0.120. The van der Waals surface area contributed by atoms with Gasteiger partial charge >= 0.3 is 6.03 Å². The predicted octanol–water partition coefficient (Wildman–Crippen LogP) is 4.59. The Morgan fingerprint density at radius 1 is 1.07 bits per heavy atom. The zero-order valence-electron chi connectivity index (χ0n) is 22.3. The van der Waals surface area contributed by atoms with Gasteiger partial charge in [-0.05, 0) is 44.0 Å². The molecule has 1 aromatic carbocycles. The molecule has 2 aliphatic rings. The minimum atomic E-state index is -0.412. The molecule has 41 heavy (non-hydrogen) atoms. The Kier molecular flexibility index (Phi) is 7.25. The Hall–Kier alpha value is -4.55. The second-order valence-corrected chi connectivity index (χ2v) is 11.0. The summed E-state index contributed by atoms with van der Waals surface area (Å²) in [6, 6.07) is 13.8. The van der Waals surface area contributed by atoms with Crippen molar-refractivity contribution in [3.05, 3.63) is 65.3 Å². The molecule has 5 N–H and O–H groups in total. The molecule has 4 amide bonds. The van der Waals surface area contributed by atoms with Gasteiger partial charge in [0.2, 0.25) is 11.8 Å². The molecule has 3 aromatic heterocycles. The van der Waals surface area contributed by atoms with Crippen LogP contribution in [0.25, 0.3) is 10.2 Å². The van der Waals surface area contributed by atoms with E-state index in [1.165, 1.54) is 11.3 Å². The van der Waals surface area contributed by atoms with E-state index in [4.69, 9.17) is 10.5 Å². The van der Waals surface area contributed by atoms with Crippen LogP contribution in [0.2, 0.25) is 0 Å². The number of ether oxygens (including phenoxy) is 1. The highest BCUT2D eigenvalue weighted by Gasteiger charge is 2.35. The van der Waals surface area contributed by atoms with Gasteiger partial charge in [0.1, 0.15) is 15.5 Å². The average Bonchev–Trinajstić information content (AvgIpc) is 3.35. The average molecular weight is 572 g/mol. The van der Waals surface area contributed by atoms with Crippen molar-refractivity contribution >= 4 is 56.5 Å². The molecule has 2 atom stereocenters. The van der Waals surface area contributed by atoms with E-state index in [9.17, 15) is 14.4 Å². The van der Waals surface area contributed by atoms with Gasteiger partial charge in [0.15, 0.2) is 0 Å². The monoisotopic (exact) mass is 571 g/mol. The number of pyridine rings is 2. The number of para-hydroxylation sites is 1. The van der Waals surface area contributed by atoms with Gasteiger partial charge in [0.25, 0.3) is 5.91 Å². The Bertz CT molecular complexity index is 1640. The molecular formula is C29H29N7O4S. The molecule has 210 valence electrons. The first kappa shape index (κ1) is 26.7. The van der Waals surface area contributed by atoms with Gasteiger partial charge in [0.05, 0.1) is 34.7 Å². The van der Waals surface area contributed by atoms with E-state index in [2.05, 4.69) is 25.9 Å². The van der Waals surface area contributed by atoms with Crippen LogP contribution in [-0.2, 0) is 4.79 Å². The smallest absolute Gasteiger partial charge is 0.331 e. The molecule has 1 saturated carbocycles. The summed E-state index contributed by atoms with van der Waals surface area (Å²) in [6.07, 6.45) is 5.03. The van der Waals surface area contributed by atoms with E-state index in [1.807, 2.05) is 37.3 Å². The van der Waals surface area contributed by atoms with E-state index < -0.39 is 6.03 Å². The van der Waals surface area contributed by atoms with Crippen molar-refractivity contribution in [3.8, 4) is 11.6 Å². The van der Waals surface area contributed by atoms with Gasteiger partial charge in [-0.25, -0.2) is 14.8 Å². The summed E-state index contributed by atoms with van der Waals surface area (Å²) in [4.78, 5) is 50.6. The third kappa shape index (κ3) is 5.19. The van der Waals surface area contributed by atoms with Crippen LogP contribution in [0, 0.1) is 6.92 Å². The van der Waals surface area contributed by atoms with Gasteiger partial charge in [-0.3, -0.25) is 14.5 Å². The maximum absolute atomic E-state index is 13.5. The molecule has 11 nitrogen and oxygen atoms in total. The Labute approximate surface area is 240 Å². The lowest BCUT2D eigenvalue weighted by atomic mass is 9.90. The number of nitrogens with one attached hydrogen (secondary N) is 3. The first-order valence-electron chi connectivity index (χ1n) is 13.5. The number of benzene rings is 1. The SMILES string of the molecule is Cc1nc(Oc2ccccc2)ccc1N1C(=O)Nc2c(C(=O)N[C@H]3CCCC[C@H]3NC(=O)CN)sc3nccc1c23. The van der Waals surface area contributed by atoms with E-state index in [1.54, 1.807) is 29.3 Å². The second kappa shape index (κ2) is 11.1. The number of aromatic nitrogens is 2. The molecule has 12 heteroatoms. The van der Waals surface area contributed by atoms with Crippen LogP contribution < -0.4 is 31.3 Å². The lowest BCUT2D eigenvalue weighted by Gasteiger charge is -2.33. The van der Waals surface area contributed by atoms with Crippen LogP contribution >= 0.6 is 11.3 Å². The zero-order valence-corrected chi connectivity index (χ0v) is 23.2. The number of hydrogen-bond donors (Lipinski definition) is 4. The van der Waals surface area contributed by atoms with E-state index >= 15 is 0 Å². The molecule has 0 spiro atoms. The van der Waals surface area contributed by atoms with Crippen LogP contribution in [-0.4, -0.2) is 46.4 Å². The van der Waals surface area contributed by atoms with Crippen molar-refractivity contribution in [1.29, 1.82) is 0 Å². The van der Waals surface area contributed by atoms with Crippen molar-refractivity contribution < 1.29 is 19.1 Å². The summed E-state index contributed by atoms with van der Waals surface area (Å²) in [6.45, 7) is 1.71. The fraction of sp³-hybridized carbons (Fsp3) is 0.276. The van der Waals surface area contributed by atoms with Crippen LogP contribution in [0.4, 0.5) is 21.9 Å². The van der Waals surface area contributed by atoms with Gasteiger partial charge in [-0.1, -0.05) is 31.0 Å². The van der Waals surface area contributed by atoms with Crippen molar-refractivity contribution in [3.63, 3.8) is 0 Å². The molecule has 6 rings (SSSR count). The number of urea groups is 1. The van der Waals surface area contributed by atoms with Crippen molar-refractivity contribution in [2.45, 2.75) is 44.7 Å². The summed E-state index contributed by atoms with van der Waals surface area (Å²) < 4.78 is 5.86. The third-order valence-electron chi connectivity index (χ3n) is 7.31. The zero-order chi connectivity index (χ0) is 28.5. The summed E-state index contributed by atoms with van der Waals surface area (Å²) in [7, 11) is 0. The second-order valence-electron chi connectivity index (χ2n) is 9.99. The maximum atomic E-state index is 13.5. The summed E-state index contributed by atoms with van der Waals surface area (Å²) in [5, 5.41) is 9.62. The minimum absolute atomic E-state index is 0.105. The van der Waals surface area contributed by atoms with Crippen LogP contribution in [0.1, 0.15) is 41.0 Å². The van der Waals surface area contributed by atoms with Crippen LogP contribution in [0.5, 0.6) is 11.6 Å². The summed E-state index contributed by atoms with van der Waals surface area (Å²) >= 11 is 1.22. The first-order valence-corrected chi connectivity index (χ1v) is 14.3. The largest absolute Gasteiger partial charge is 0.439 e. The number of hydrogen-bond acceptors (Lipinski definition) is 8. The normalized spacial score (nSPS) is 18.1. The molecule has 1 fully saturated rings. The molecule has 1 aliphatic heterocycles. The molecule has 0 bridgehead atoms. The highest BCUT2D eigenvalue weighted by Crippen LogP contribution is 2.46. The van der Waals surface area contributed by atoms with Crippen molar-refractivity contribution in [2.75, 3.05) is 16.8 Å². The van der Waals surface area contributed by atoms with Gasteiger partial charge in [0, 0.05) is 24.3 Å². The number of rotatable bonds is 7. The van der Waals surface area contributed by atoms with Crippen molar-refractivity contribution in [2.24, 2.45) is 5.73 Å². The molecule has 0 unspecified atom stereocenters. The number of nitrogens with two attached hydrogens (primary N) is 1. The highest BCUT2D eigenvalue weighted by atomic mass is 32.1. The number of carbonyl (C=O) groups excluding carboxylic acids is 3. The Morgan fingerprint density at radius 2 is 1.83 bits per heavy atom. The first-order chi connectivity index (χ1) is 19.9. The van der Waals surface area contributed by atoms with Gasteiger partial charge < -0.3 is 26.4 Å². The van der Waals surface area contributed by atoms with Crippen molar-refractivity contribution in [1.82, 2.24) is 20.6 Å². The molecular weight excluding hydrogens is 542 g/mol. The lowest BCUT2D eigenvalue weighted by Crippen LogP contribution is -2.54. The molecule has 1 aliphatic carbocycles. The number of amides is 4. The fourth-order valence-corrected chi connectivity index (χ4v) is 6.42. The minimum Gasteiger partial charge on any atom is -0.439 e. The number of aryl methyl sites for hydroxylation is 1. The quantitative estimate of drug-likeness (QED) is 0.253. The third-order valence-corrected chi connectivity index (χ3v) is 8.40. The topological polar surface area (TPSA) is 152 Å². The number of thiophene rings is 1. The Balaban J connectivity index is 1.30. The number of carbonyl (C=O) groups is 3. The van der Waals surface area contributed by atoms with E-state index in [0.29, 0.717) is 49.5 Å². The van der Waals surface area contributed by atoms with Gasteiger partial charge in [-0.15, -0.1) is 11.3 Å². The molecule has 0 saturated heterocycles. The number of anilines is 3. The standard InChI is InChI=1S/C29H29N7O4S/c1-16-20(11-12-23(32-16)40-17-7-3-2-4-8-17)36-21-13-14-31-28-24(21)25(35-29(36)39)26(41-28)27(38)34-19-10-6-5-9-18(19)33-22(37)15-30/h2-4,7-8,11-14,18-19H,5-6,9-10,15,30H2,1H3,(H,33,37)(H,34,38)(H,35,39)/t18-,19+/m1/s1. The fourth-order valence-electron chi connectivity index (χ4n) is 5.39. The van der Waals surface area contributed by atoms with Gasteiger partial charge in [-0.2, -0.15) is 0 Å². The van der Waals surface area contributed by atoms with Crippen LogP contribution in [0.15, 0.2) is 54.7 Å². The molecule has 0 radical (unpaired) electrons. The highest BCUT2D eigenvalue weighted by molar-refractivity contribution is 7.21. The predicted molar refractivity (Wildman–Crippen MR) is 157 cm³/mol. The van der Waals surface area contributed by atoms with E-state index in [-0.39, 0.29) is 30.4 Å². The maximum Gasteiger partial charge on any atom is 0.331 e. The number of nitrogens with zero attached hydrogens (tertiary/aromatic N) is 3. The summed E-state index contributed by atoms with van der Waals surface area (Å²) in [5.41, 5.74) is 7.70. The molecule has 4 aromatic rings.